The van der Waals surface area contributed by atoms with Gasteiger partial charge in [0.2, 0.25) is 0 Å². The Balaban J connectivity index is 0.000000291. The topological polar surface area (TPSA) is 56.7 Å². The Labute approximate surface area is 54.6 Å². The van der Waals surface area contributed by atoms with Gasteiger partial charge in [-0.05, 0) is 6.92 Å². The average Bonchev–Trinajstić information content (AvgIpc) is 2.20. The zero-order chi connectivity index (χ0) is 7.28. The minimum absolute atomic E-state index is 0.836. The van der Waals surface area contributed by atoms with E-state index in [4.69, 9.17) is 5.84 Å². The van der Waals surface area contributed by atoms with Crippen LogP contribution in [0.1, 0.15) is 19.5 Å². The minimum atomic E-state index is 0.836. The van der Waals surface area contributed by atoms with Gasteiger partial charge in [-0.2, -0.15) is 0 Å². The standard InChI is InChI=1S/C3H6N4.C2H6/c1-3-2-5-7(4)6-3;1-2/h2H,4H2,1H3;1-2H3. The summed E-state index contributed by atoms with van der Waals surface area (Å²) >= 11 is 0. The molecule has 0 radical (unpaired) electrons. The van der Waals surface area contributed by atoms with Gasteiger partial charge in [-0.1, -0.05) is 18.8 Å². The lowest BCUT2D eigenvalue weighted by Crippen LogP contribution is -2.11. The number of aromatic nitrogens is 3. The molecule has 1 rings (SSSR count). The van der Waals surface area contributed by atoms with Crippen molar-refractivity contribution in [3.05, 3.63) is 11.9 Å². The van der Waals surface area contributed by atoms with Gasteiger partial charge in [-0.3, -0.25) is 0 Å². The Bertz CT molecular complexity index is 141. The molecule has 0 aromatic carbocycles. The van der Waals surface area contributed by atoms with Crippen molar-refractivity contribution >= 4 is 0 Å². The van der Waals surface area contributed by atoms with E-state index in [1.165, 1.54) is 0 Å². The summed E-state index contributed by atoms with van der Waals surface area (Å²) in [6.07, 6.45) is 1.60. The molecule has 4 heteroatoms. The van der Waals surface area contributed by atoms with E-state index in [2.05, 4.69) is 10.2 Å². The molecular weight excluding hydrogens is 116 g/mol. The first-order valence-electron chi connectivity index (χ1n) is 2.93. The van der Waals surface area contributed by atoms with Gasteiger partial charge in [0.15, 0.2) is 0 Å². The smallest absolute Gasteiger partial charge is 0.0817 e. The summed E-state index contributed by atoms with van der Waals surface area (Å²) in [4.78, 5) is 1.04. The highest BCUT2D eigenvalue weighted by molar-refractivity contribution is 4.84. The molecule has 4 nitrogen and oxygen atoms in total. The highest BCUT2D eigenvalue weighted by atomic mass is 15.6. The first kappa shape index (κ1) is 7.94. The van der Waals surface area contributed by atoms with Gasteiger partial charge in [0.25, 0.3) is 0 Å². The van der Waals surface area contributed by atoms with Crippen LogP contribution in [0.3, 0.4) is 0 Å². The summed E-state index contributed by atoms with van der Waals surface area (Å²) in [5, 5.41) is 7.29. The van der Waals surface area contributed by atoms with Crippen LogP contribution in [-0.4, -0.2) is 15.1 Å². The highest BCUT2D eigenvalue weighted by Crippen LogP contribution is 1.79. The molecule has 0 saturated carbocycles. The quantitative estimate of drug-likeness (QED) is 0.512. The van der Waals surface area contributed by atoms with Crippen molar-refractivity contribution in [1.82, 2.24) is 15.1 Å². The Morgan fingerprint density at radius 2 is 2.11 bits per heavy atom. The number of hydrogen-bond donors (Lipinski definition) is 1. The van der Waals surface area contributed by atoms with Crippen LogP contribution in [0.15, 0.2) is 6.20 Å². The molecule has 52 valence electrons. The molecule has 1 aromatic heterocycles. The SMILES string of the molecule is CC.Cc1cnn(N)n1. The largest absolute Gasteiger partial charge is 0.306 e. The number of rotatable bonds is 0. The predicted molar refractivity (Wildman–Crippen MR) is 36.3 cm³/mol. The molecule has 0 amide bonds. The van der Waals surface area contributed by atoms with Crippen LogP contribution in [0.2, 0.25) is 0 Å². The fraction of sp³-hybridized carbons (Fsp3) is 0.600. The van der Waals surface area contributed by atoms with Gasteiger partial charge in [-0.15, -0.1) is 10.2 Å². The van der Waals surface area contributed by atoms with E-state index < -0.39 is 0 Å². The van der Waals surface area contributed by atoms with Crippen molar-refractivity contribution in [1.29, 1.82) is 0 Å². The highest BCUT2D eigenvalue weighted by Gasteiger charge is 1.84. The molecule has 0 aliphatic carbocycles. The van der Waals surface area contributed by atoms with Crippen molar-refractivity contribution in [2.45, 2.75) is 20.8 Å². The molecule has 0 aliphatic rings. The lowest BCUT2D eigenvalue weighted by Gasteiger charge is -1.78. The maximum absolute atomic E-state index is 5.07. The number of aryl methyl sites for hydroxylation is 1. The maximum Gasteiger partial charge on any atom is 0.0817 e. The van der Waals surface area contributed by atoms with Crippen LogP contribution >= 0.6 is 0 Å². The molecule has 9 heavy (non-hydrogen) atoms. The summed E-state index contributed by atoms with van der Waals surface area (Å²) in [7, 11) is 0. The zero-order valence-electron chi connectivity index (χ0n) is 6.00. The third-order valence-corrected chi connectivity index (χ3v) is 0.623. The minimum Gasteiger partial charge on any atom is -0.306 e. The summed E-state index contributed by atoms with van der Waals surface area (Å²) < 4.78 is 0. The monoisotopic (exact) mass is 128 g/mol. The van der Waals surface area contributed by atoms with Crippen molar-refractivity contribution in [3.63, 3.8) is 0 Å². The van der Waals surface area contributed by atoms with Gasteiger partial charge in [0.1, 0.15) is 0 Å². The summed E-state index contributed by atoms with van der Waals surface area (Å²) in [5.74, 6) is 5.07. The van der Waals surface area contributed by atoms with Crippen LogP contribution < -0.4 is 5.84 Å². The molecule has 0 bridgehead atoms. The van der Waals surface area contributed by atoms with Crippen molar-refractivity contribution in [2.24, 2.45) is 0 Å². The van der Waals surface area contributed by atoms with Gasteiger partial charge in [0, 0.05) is 0 Å². The molecular formula is C5H12N4. The van der Waals surface area contributed by atoms with E-state index in [-0.39, 0.29) is 0 Å². The van der Waals surface area contributed by atoms with Crippen LogP contribution in [0.4, 0.5) is 0 Å². The number of nitrogens with two attached hydrogens (primary N) is 1. The zero-order valence-corrected chi connectivity index (χ0v) is 6.00. The number of nitrogen functional groups attached to an aromatic ring is 1. The first-order valence-corrected chi connectivity index (χ1v) is 2.93. The molecule has 0 saturated heterocycles. The second kappa shape index (κ2) is 3.88. The van der Waals surface area contributed by atoms with E-state index in [0.29, 0.717) is 0 Å². The normalized spacial score (nSPS) is 7.89. The second-order valence-electron chi connectivity index (χ2n) is 1.31. The van der Waals surface area contributed by atoms with E-state index >= 15 is 0 Å². The molecule has 1 aromatic rings. The Morgan fingerprint density at radius 1 is 1.56 bits per heavy atom. The molecule has 2 N–H and O–H groups in total. The Kier molecular flexibility index (Phi) is 3.43. The molecule has 0 aliphatic heterocycles. The van der Waals surface area contributed by atoms with E-state index in [1.54, 1.807) is 6.20 Å². The summed E-state index contributed by atoms with van der Waals surface area (Å²) in [6, 6.07) is 0. The number of hydrogen-bond acceptors (Lipinski definition) is 3. The Hall–Kier alpha value is -1.06. The summed E-state index contributed by atoms with van der Waals surface area (Å²) in [5.41, 5.74) is 0.836. The lowest BCUT2D eigenvalue weighted by molar-refractivity contribution is 0.702. The molecule has 1 heterocycles. The fourth-order valence-electron chi connectivity index (χ4n) is 0.356. The van der Waals surface area contributed by atoms with E-state index in [0.717, 1.165) is 10.6 Å². The molecule has 0 spiro atoms. The van der Waals surface area contributed by atoms with Gasteiger partial charge in [-0.25, -0.2) is 0 Å². The van der Waals surface area contributed by atoms with E-state index in [1.807, 2.05) is 20.8 Å². The van der Waals surface area contributed by atoms with Gasteiger partial charge in [0.05, 0.1) is 11.9 Å². The van der Waals surface area contributed by atoms with Gasteiger partial charge >= 0.3 is 0 Å². The van der Waals surface area contributed by atoms with Crippen molar-refractivity contribution in [3.8, 4) is 0 Å². The van der Waals surface area contributed by atoms with Crippen LogP contribution in [0, 0.1) is 6.92 Å². The van der Waals surface area contributed by atoms with Crippen molar-refractivity contribution < 1.29 is 0 Å². The second-order valence-corrected chi connectivity index (χ2v) is 1.31. The Morgan fingerprint density at radius 3 is 2.22 bits per heavy atom. The third-order valence-electron chi connectivity index (χ3n) is 0.623. The fourth-order valence-corrected chi connectivity index (χ4v) is 0.356. The molecule has 0 unspecified atom stereocenters. The van der Waals surface area contributed by atoms with Gasteiger partial charge < -0.3 is 5.84 Å². The summed E-state index contributed by atoms with van der Waals surface area (Å²) in [6.45, 7) is 5.83. The van der Waals surface area contributed by atoms with E-state index in [9.17, 15) is 0 Å². The van der Waals surface area contributed by atoms with Crippen LogP contribution in [0.25, 0.3) is 0 Å². The number of nitrogens with zero attached hydrogens (tertiary/aromatic N) is 3. The lowest BCUT2D eigenvalue weighted by atomic mass is 10.6. The van der Waals surface area contributed by atoms with Crippen molar-refractivity contribution in [2.75, 3.05) is 5.84 Å². The third kappa shape index (κ3) is 2.69. The van der Waals surface area contributed by atoms with Crippen LogP contribution in [0.5, 0.6) is 0 Å². The average molecular weight is 128 g/mol. The van der Waals surface area contributed by atoms with Crippen LogP contribution in [-0.2, 0) is 0 Å². The maximum atomic E-state index is 5.07. The molecule has 0 fully saturated rings. The first-order chi connectivity index (χ1) is 4.29. The predicted octanol–water partition coefficient (Wildman–Crippen LogP) is 0.327. The molecule has 0 atom stereocenters.